The van der Waals surface area contributed by atoms with Crippen molar-refractivity contribution in [2.45, 2.75) is 71.8 Å². The van der Waals surface area contributed by atoms with Crippen molar-refractivity contribution >= 4 is 0 Å². The molecule has 1 unspecified atom stereocenters. The molecule has 1 aliphatic carbocycles. The van der Waals surface area contributed by atoms with E-state index in [0.29, 0.717) is 5.41 Å². The van der Waals surface area contributed by atoms with Crippen LogP contribution >= 0.6 is 0 Å². The molecule has 0 aromatic heterocycles. The number of hydrogen-bond donors (Lipinski definition) is 1. The fraction of sp³-hybridized carbons (Fsp3) is 1.00. The normalized spacial score (nSPS) is 32.1. The summed E-state index contributed by atoms with van der Waals surface area (Å²) in [5.74, 6) is 0.785. The van der Waals surface area contributed by atoms with Crippen LogP contribution < -0.4 is 5.73 Å². The zero-order valence-corrected chi connectivity index (χ0v) is 10.4. The first-order valence-electron chi connectivity index (χ1n) is 6.16. The average Bonchev–Trinajstić information content (AvgIpc) is 2.07. The third kappa shape index (κ3) is 2.50. The minimum absolute atomic E-state index is 0.107. The maximum absolute atomic E-state index is 6.59. The van der Waals surface area contributed by atoms with Crippen LogP contribution in [0.4, 0.5) is 0 Å². The Hall–Kier alpha value is -0.0400. The molecule has 1 rings (SSSR count). The van der Waals surface area contributed by atoms with Gasteiger partial charge in [-0.3, -0.25) is 0 Å². The molecule has 1 heteroatoms. The molecule has 0 heterocycles. The SMILES string of the molecule is CC(C)CCC1(N)CCCCC1(C)C. The van der Waals surface area contributed by atoms with Crippen molar-refractivity contribution in [1.29, 1.82) is 0 Å². The molecule has 1 fully saturated rings. The molecule has 0 radical (unpaired) electrons. The van der Waals surface area contributed by atoms with Gasteiger partial charge in [0, 0.05) is 5.54 Å². The van der Waals surface area contributed by atoms with Crippen LogP contribution in [-0.4, -0.2) is 5.54 Å². The van der Waals surface area contributed by atoms with E-state index in [1.165, 1.54) is 38.5 Å². The molecule has 1 aliphatic rings. The van der Waals surface area contributed by atoms with E-state index in [1.54, 1.807) is 0 Å². The van der Waals surface area contributed by atoms with E-state index in [1.807, 2.05) is 0 Å². The van der Waals surface area contributed by atoms with Crippen LogP contribution in [0.3, 0.4) is 0 Å². The van der Waals surface area contributed by atoms with Gasteiger partial charge in [-0.1, -0.05) is 40.5 Å². The van der Waals surface area contributed by atoms with Gasteiger partial charge in [0.1, 0.15) is 0 Å². The second kappa shape index (κ2) is 4.22. The van der Waals surface area contributed by atoms with Gasteiger partial charge >= 0.3 is 0 Å². The van der Waals surface area contributed by atoms with E-state index in [-0.39, 0.29) is 5.54 Å². The summed E-state index contributed by atoms with van der Waals surface area (Å²) in [5, 5.41) is 0. The van der Waals surface area contributed by atoms with Crippen molar-refractivity contribution in [2.24, 2.45) is 17.1 Å². The van der Waals surface area contributed by atoms with Gasteiger partial charge < -0.3 is 5.73 Å². The molecule has 0 bridgehead atoms. The fourth-order valence-electron chi connectivity index (χ4n) is 2.60. The van der Waals surface area contributed by atoms with Gasteiger partial charge in [-0.05, 0) is 37.0 Å². The fourth-order valence-corrected chi connectivity index (χ4v) is 2.60. The summed E-state index contributed by atoms with van der Waals surface area (Å²) < 4.78 is 0. The standard InChI is InChI=1S/C13H27N/c1-11(2)7-10-13(14)9-6-5-8-12(13,3)4/h11H,5-10,14H2,1-4H3. The second-order valence-corrected chi connectivity index (χ2v) is 6.18. The van der Waals surface area contributed by atoms with Gasteiger partial charge in [0.05, 0.1) is 0 Å². The molecule has 1 nitrogen and oxygen atoms in total. The molecule has 84 valence electrons. The molecule has 14 heavy (non-hydrogen) atoms. The van der Waals surface area contributed by atoms with Gasteiger partial charge in [0.2, 0.25) is 0 Å². The lowest BCUT2D eigenvalue weighted by atomic mass is 9.61. The lowest BCUT2D eigenvalue weighted by Gasteiger charge is -2.48. The van der Waals surface area contributed by atoms with E-state index in [9.17, 15) is 0 Å². The van der Waals surface area contributed by atoms with Gasteiger partial charge in [0.15, 0.2) is 0 Å². The Kier molecular flexibility index (Phi) is 3.63. The largest absolute Gasteiger partial charge is 0.325 e. The third-order valence-electron chi connectivity index (χ3n) is 4.19. The van der Waals surface area contributed by atoms with Crippen molar-refractivity contribution in [3.63, 3.8) is 0 Å². The number of nitrogens with two attached hydrogens (primary N) is 1. The summed E-state index contributed by atoms with van der Waals surface area (Å²) >= 11 is 0. The average molecular weight is 197 g/mol. The first-order valence-corrected chi connectivity index (χ1v) is 6.16. The lowest BCUT2D eigenvalue weighted by Crippen LogP contribution is -2.54. The molecule has 0 aromatic rings. The van der Waals surface area contributed by atoms with E-state index >= 15 is 0 Å². The summed E-state index contributed by atoms with van der Waals surface area (Å²) in [5.41, 5.74) is 7.04. The van der Waals surface area contributed by atoms with E-state index in [4.69, 9.17) is 5.73 Å². The van der Waals surface area contributed by atoms with E-state index < -0.39 is 0 Å². The quantitative estimate of drug-likeness (QED) is 0.733. The zero-order chi connectivity index (χ0) is 10.8. The van der Waals surface area contributed by atoms with Gasteiger partial charge in [-0.2, -0.15) is 0 Å². The first-order chi connectivity index (χ1) is 6.37. The molecule has 0 aromatic carbocycles. The first kappa shape index (κ1) is 12.0. The molecular formula is C13H27N. The minimum Gasteiger partial charge on any atom is -0.325 e. The van der Waals surface area contributed by atoms with Crippen LogP contribution in [-0.2, 0) is 0 Å². The molecule has 1 saturated carbocycles. The van der Waals surface area contributed by atoms with Crippen LogP contribution in [0, 0.1) is 11.3 Å². The van der Waals surface area contributed by atoms with Gasteiger partial charge in [-0.15, -0.1) is 0 Å². The highest BCUT2D eigenvalue weighted by Gasteiger charge is 2.42. The Morgan fingerprint density at radius 3 is 2.21 bits per heavy atom. The minimum atomic E-state index is 0.107. The maximum atomic E-state index is 6.59. The Labute approximate surface area is 89.5 Å². The molecule has 2 N–H and O–H groups in total. The monoisotopic (exact) mass is 197 g/mol. The highest BCUT2D eigenvalue weighted by molar-refractivity contribution is 5.00. The summed E-state index contributed by atoms with van der Waals surface area (Å²) in [6, 6.07) is 0. The third-order valence-corrected chi connectivity index (χ3v) is 4.19. The highest BCUT2D eigenvalue weighted by Crippen LogP contribution is 2.44. The predicted octanol–water partition coefficient (Wildman–Crippen LogP) is 3.72. The second-order valence-electron chi connectivity index (χ2n) is 6.18. The van der Waals surface area contributed by atoms with E-state index in [2.05, 4.69) is 27.7 Å². The van der Waals surface area contributed by atoms with Crippen molar-refractivity contribution < 1.29 is 0 Å². The van der Waals surface area contributed by atoms with Crippen molar-refractivity contribution in [2.75, 3.05) is 0 Å². The summed E-state index contributed by atoms with van der Waals surface area (Å²) in [6.45, 7) is 9.29. The Morgan fingerprint density at radius 2 is 1.71 bits per heavy atom. The van der Waals surface area contributed by atoms with Crippen molar-refractivity contribution in [3.8, 4) is 0 Å². The predicted molar refractivity (Wildman–Crippen MR) is 63.2 cm³/mol. The Balaban J connectivity index is 2.59. The summed E-state index contributed by atoms with van der Waals surface area (Å²) in [6.07, 6.45) is 7.72. The van der Waals surface area contributed by atoms with Gasteiger partial charge in [0.25, 0.3) is 0 Å². The Bertz CT molecular complexity index is 184. The molecule has 1 atom stereocenters. The van der Waals surface area contributed by atoms with Gasteiger partial charge in [-0.25, -0.2) is 0 Å². The van der Waals surface area contributed by atoms with E-state index in [0.717, 1.165) is 5.92 Å². The zero-order valence-electron chi connectivity index (χ0n) is 10.4. The number of rotatable bonds is 3. The number of hydrogen-bond acceptors (Lipinski definition) is 1. The molecular weight excluding hydrogens is 170 g/mol. The maximum Gasteiger partial charge on any atom is 0.0206 e. The molecule has 0 saturated heterocycles. The molecule has 0 spiro atoms. The Morgan fingerprint density at radius 1 is 1.14 bits per heavy atom. The topological polar surface area (TPSA) is 26.0 Å². The van der Waals surface area contributed by atoms with Crippen LogP contribution in [0.2, 0.25) is 0 Å². The van der Waals surface area contributed by atoms with Crippen LogP contribution in [0.1, 0.15) is 66.2 Å². The van der Waals surface area contributed by atoms with Crippen LogP contribution in [0.15, 0.2) is 0 Å². The summed E-state index contributed by atoms with van der Waals surface area (Å²) in [7, 11) is 0. The van der Waals surface area contributed by atoms with Crippen molar-refractivity contribution in [3.05, 3.63) is 0 Å². The smallest absolute Gasteiger partial charge is 0.0206 e. The molecule has 0 amide bonds. The lowest BCUT2D eigenvalue weighted by molar-refractivity contribution is 0.0853. The highest BCUT2D eigenvalue weighted by atomic mass is 14.8. The van der Waals surface area contributed by atoms with Crippen LogP contribution in [0.25, 0.3) is 0 Å². The van der Waals surface area contributed by atoms with Crippen molar-refractivity contribution in [1.82, 2.24) is 0 Å². The molecule has 0 aliphatic heterocycles. The van der Waals surface area contributed by atoms with Crippen LogP contribution in [0.5, 0.6) is 0 Å². The summed E-state index contributed by atoms with van der Waals surface area (Å²) in [4.78, 5) is 0.